The van der Waals surface area contributed by atoms with Crippen LogP contribution in [0.1, 0.15) is 31.9 Å². The van der Waals surface area contributed by atoms with Crippen LogP contribution in [-0.4, -0.2) is 22.8 Å². The molecular weight excluding hydrogens is 226 g/mol. The summed E-state index contributed by atoms with van der Waals surface area (Å²) in [6.45, 7) is 3.94. The van der Waals surface area contributed by atoms with E-state index in [-0.39, 0.29) is 0 Å². The fourth-order valence-corrected chi connectivity index (χ4v) is 2.16. The summed E-state index contributed by atoms with van der Waals surface area (Å²) in [4.78, 5) is 4.10. The molecule has 18 heavy (non-hydrogen) atoms. The highest BCUT2D eigenvalue weighted by molar-refractivity contribution is 5.85. The molecule has 0 fully saturated rings. The lowest BCUT2D eigenvalue weighted by Crippen LogP contribution is -2.34. The molecule has 0 bridgehead atoms. The molecule has 3 nitrogen and oxygen atoms in total. The van der Waals surface area contributed by atoms with E-state index in [1.807, 2.05) is 44.3 Å². The average molecular weight is 245 g/mol. The molecule has 1 heterocycles. The highest BCUT2D eigenvalue weighted by Crippen LogP contribution is 2.34. The normalized spacial score (nSPS) is 16.4. The summed E-state index contributed by atoms with van der Waals surface area (Å²) in [5.74, 6) is 0. The molecule has 0 aliphatic carbocycles. The smallest absolute Gasteiger partial charge is 0.108 e. The van der Waals surface area contributed by atoms with Crippen molar-refractivity contribution in [2.75, 3.05) is 7.11 Å². The molecule has 96 valence electrons. The summed E-state index contributed by atoms with van der Waals surface area (Å²) in [6.07, 6.45) is 3.64. The third-order valence-electron chi connectivity index (χ3n) is 3.76. The first-order valence-corrected chi connectivity index (χ1v) is 6.18. The molecule has 1 N–H and O–H groups in total. The molecular formula is C15H19NO2. The van der Waals surface area contributed by atoms with Gasteiger partial charge in [-0.1, -0.05) is 25.1 Å². The summed E-state index contributed by atoms with van der Waals surface area (Å²) in [6, 6.07) is 7.81. The minimum Gasteiger partial charge on any atom is -0.385 e. The number of hydrogen-bond acceptors (Lipinski definition) is 3. The third-order valence-corrected chi connectivity index (χ3v) is 3.76. The quantitative estimate of drug-likeness (QED) is 0.900. The molecule has 2 aromatic rings. The van der Waals surface area contributed by atoms with Gasteiger partial charge < -0.3 is 9.84 Å². The standard InChI is InChI=1S/C15H19NO2/c1-4-15(2,18-3)14(17)13-7-5-6-11-10-16-9-8-12(11)13/h5-10,14,17H,4H2,1-3H3. The van der Waals surface area contributed by atoms with Crippen molar-refractivity contribution < 1.29 is 9.84 Å². The van der Waals surface area contributed by atoms with Crippen molar-refractivity contribution >= 4 is 10.8 Å². The second-order valence-electron chi connectivity index (χ2n) is 4.72. The molecule has 0 aliphatic heterocycles. The number of hydrogen-bond donors (Lipinski definition) is 1. The predicted molar refractivity (Wildman–Crippen MR) is 72.4 cm³/mol. The molecule has 3 heteroatoms. The third kappa shape index (κ3) is 2.11. The Balaban J connectivity index is 2.54. The number of fused-ring (bicyclic) bond motifs is 1. The highest BCUT2D eigenvalue weighted by Gasteiger charge is 2.33. The van der Waals surface area contributed by atoms with Crippen LogP contribution in [-0.2, 0) is 4.74 Å². The average Bonchev–Trinajstić information content (AvgIpc) is 2.45. The Bertz CT molecular complexity index is 530. The molecule has 1 aromatic carbocycles. The molecule has 0 amide bonds. The largest absolute Gasteiger partial charge is 0.385 e. The number of rotatable bonds is 4. The summed E-state index contributed by atoms with van der Waals surface area (Å²) in [5.41, 5.74) is 0.318. The van der Waals surface area contributed by atoms with Crippen LogP contribution in [0.5, 0.6) is 0 Å². The summed E-state index contributed by atoms with van der Waals surface area (Å²) in [5, 5.41) is 12.6. The fourth-order valence-electron chi connectivity index (χ4n) is 2.16. The van der Waals surface area contributed by atoms with Gasteiger partial charge in [0.2, 0.25) is 0 Å². The first-order chi connectivity index (χ1) is 8.62. The Morgan fingerprint density at radius 2 is 2.17 bits per heavy atom. The number of benzene rings is 1. The van der Waals surface area contributed by atoms with E-state index >= 15 is 0 Å². The lowest BCUT2D eigenvalue weighted by molar-refractivity contribution is -0.0938. The summed E-state index contributed by atoms with van der Waals surface area (Å²) in [7, 11) is 1.64. The van der Waals surface area contributed by atoms with Crippen LogP contribution in [0.4, 0.5) is 0 Å². The van der Waals surface area contributed by atoms with E-state index in [4.69, 9.17) is 4.74 Å². The van der Waals surface area contributed by atoms with Crippen molar-refractivity contribution in [3.63, 3.8) is 0 Å². The van der Waals surface area contributed by atoms with Crippen LogP contribution in [0.3, 0.4) is 0 Å². The lowest BCUT2D eigenvalue weighted by atomic mass is 9.88. The number of ether oxygens (including phenoxy) is 1. The monoisotopic (exact) mass is 245 g/mol. The minimum absolute atomic E-state index is 0.572. The lowest BCUT2D eigenvalue weighted by Gasteiger charge is -2.33. The number of methoxy groups -OCH3 is 1. The van der Waals surface area contributed by atoms with E-state index in [0.29, 0.717) is 0 Å². The minimum atomic E-state index is -0.654. The van der Waals surface area contributed by atoms with E-state index in [1.54, 1.807) is 13.3 Å². The molecule has 0 saturated heterocycles. The van der Waals surface area contributed by atoms with E-state index in [1.165, 1.54) is 0 Å². The topological polar surface area (TPSA) is 42.4 Å². The van der Waals surface area contributed by atoms with Crippen LogP contribution in [0.25, 0.3) is 10.8 Å². The summed E-state index contributed by atoms with van der Waals surface area (Å²) < 4.78 is 5.49. The second-order valence-corrected chi connectivity index (χ2v) is 4.72. The maximum absolute atomic E-state index is 10.6. The molecule has 0 aliphatic rings. The van der Waals surface area contributed by atoms with Gasteiger partial charge in [-0.25, -0.2) is 0 Å². The van der Waals surface area contributed by atoms with Gasteiger partial charge in [0.1, 0.15) is 6.10 Å². The first kappa shape index (κ1) is 13.0. The van der Waals surface area contributed by atoms with Crippen LogP contribution in [0, 0.1) is 0 Å². The molecule has 2 atom stereocenters. The Labute approximate surface area is 107 Å². The van der Waals surface area contributed by atoms with Gasteiger partial charge in [0.25, 0.3) is 0 Å². The van der Waals surface area contributed by atoms with Gasteiger partial charge in [-0.15, -0.1) is 0 Å². The molecule has 0 saturated carbocycles. The van der Waals surface area contributed by atoms with E-state index < -0.39 is 11.7 Å². The van der Waals surface area contributed by atoms with E-state index in [2.05, 4.69) is 4.98 Å². The second kappa shape index (κ2) is 5.04. The molecule has 0 radical (unpaired) electrons. The maximum atomic E-state index is 10.6. The number of aliphatic hydroxyl groups is 1. The molecule has 1 aromatic heterocycles. The zero-order valence-corrected chi connectivity index (χ0v) is 11.1. The van der Waals surface area contributed by atoms with Crippen molar-refractivity contribution in [1.82, 2.24) is 4.98 Å². The van der Waals surface area contributed by atoms with Crippen LogP contribution in [0.15, 0.2) is 36.7 Å². The van der Waals surface area contributed by atoms with Crippen molar-refractivity contribution in [2.24, 2.45) is 0 Å². The number of aromatic nitrogens is 1. The zero-order valence-electron chi connectivity index (χ0n) is 11.1. The van der Waals surface area contributed by atoms with Crippen molar-refractivity contribution in [3.8, 4) is 0 Å². The van der Waals surface area contributed by atoms with E-state index in [0.717, 1.165) is 22.8 Å². The van der Waals surface area contributed by atoms with Gasteiger partial charge in [-0.05, 0) is 30.4 Å². The molecule has 2 rings (SSSR count). The Morgan fingerprint density at radius 3 is 2.83 bits per heavy atom. The summed E-state index contributed by atoms with van der Waals surface area (Å²) >= 11 is 0. The van der Waals surface area contributed by atoms with Crippen LogP contribution >= 0.6 is 0 Å². The number of pyridine rings is 1. The molecule has 0 spiro atoms. The zero-order chi connectivity index (χ0) is 13.2. The number of aliphatic hydroxyl groups excluding tert-OH is 1. The Hall–Kier alpha value is -1.45. The fraction of sp³-hybridized carbons (Fsp3) is 0.400. The van der Waals surface area contributed by atoms with Gasteiger partial charge in [-0.2, -0.15) is 0 Å². The SMILES string of the molecule is CCC(C)(OC)C(O)c1cccc2cnccc12. The van der Waals surface area contributed by atoms with Gasteiger partial charge in [0.15, 0.2) is 0 Å². The van der Waals surface area contributed by atoms with Crippen molar-refractivity contribution in [2.45, 2.75) is 32.0 Å². The Morgan fingerprint density at radius 1 is 1.39 bits per heavy atom. The van der Waals surface area contributed by atoms with Gasteiger partial charge in [0, 0.05) is 24.9 Å². The highest BCUT2D eigenvalue weighted by atomic mass is 16.5. The predicted octanol–water partition coefficient (Wildman–Crippen LogP) is 3.08. The maximum Gasteiger partial charge on any atom is 0.108 e. The Kier molecular flexibility index (Phi) is 3.64. The van der Waals surface area contributed by atoms with Crippen LogP contribution < -0.4 is 0 Å². The van der Waals surface area contributed by atoms with Crippen molar-refractivity contribution in [1.29, 1.82) is 0 Å². The van der Waals surface area contributed by atoms with Crippen molar-refractivity contribution in [3.05, 3.63) is 42.2 Å². The molecule has 2 unspecified atom stereocenters. The van der Waals surface area contributed by atoms with Crippen LogP contribution in [0.2, 0.25) is 0 Å². The number of nitrogens with zero attached hydrogens (tertiary/aromatic N) is 1. The van der Waals surface area contributed by atoms with E-state index in [9.17, 15) is 5.11 Å². The van der Waals surface area contributed by atoms with Gasteiger partial charge >= 0.3 is 0 Å². The van der Waals surface area contributed by atoms with Gasteiger partial charge in [0.05, 0.1) is 5.60 Å². The first-order valence-electron chi connectivity index (χ1n) is 6.18. The van der Waals surface area contributed by atoms with Gasteiger partial charge in [-0.3, -0.25) is 4.98 Å².